The van der Waals surface area contributed by atoms with Crippen molar-refractivity contribution in [1.29, 1.82) is 0 Å². The van der Waals surface area contributed by atoms with Crippen LogP contribution in [0.2, 0.25) is 0 Å². The molecule has 0 bridgehead atoms. The third kappa shape index (κ3) is 14.5. The van der Waals surface area contributed by atoms with E-state index >= 15 is 0 Å². The van der Waals surface area contributed by atoms with Gasteiger partial charge in [0, 0.05) is 0 Å². The summed E-state index contributed by atoms with van der Waals surface area (Å²) in [7, 11) is -3.95. The van der Waals surface area contributed by atoms with Crippen LogP contribution in [0.1, 0.15) is 78.1 Å². The van der Waals surface area contributed by atoms with Gasteiger partial charge in [0.05, 0.1) is 6.61 Å². The number of hydrogen-bond acceptors (Lipinski definition) is 4. The lowest BCUT2D eigenvalue weighted by Gasteiger charge is -2.14. The zero-order chi connectivity index (χ0) is 15.3. The van der Waals surface area contributed by atoms with Crippen molar-refractivity contribution in [3.63, 3.8) is 0 Å². The van der Waals surface area contributed by atoms with Gasteiger partial charge in [-0.3, -0.25) is 9.05 Å². The lowest BCUT2D eigenvalue weighted by Crippen LogP contribution is -2.18. The molecule has 0 amide bonds. The fourth-order valence-electron chi connectivity index (χ4n) is 2.01. The zero-order valence-electron chi connectivity index (χ0n) is 13.1. The molecule has 122 valence electrons. The van der Waals surface area contributed by atoms with Crippen LogP contribution < -0.4 is 5.73 Å². The number of unbranched alkanes of at least 4 members (excludes halogenated alkanes) is 9. The van der Waals surface area contributed by atoms with E-state index in [4.69, 9.17) is 10.3 Å². The fourth-order valence-corrected chi connectivity index (χ4v) is 2.85. The van der Waals surface area contributed by atoms with Crippen LogP contribution in [0, 0.1) is 0 Å². The number of nitrogens with two attached hydrogens (primary N) is 1. The summed E-state index contributed by atoms with van der Waals surface area (Å²) in [5, 5.41) is 0. The summed E-state index contributed by atoms with van der Waals surface area (Å²) in [5.74, 6) is 0. The largest absolute Gasteiger partial charge is 0.473 e. The lowest BCUT2D eigenvalue weighted by atomic mass is 10.1. The van der Waals surface area contributed by atoms with Gasteiger partial charge in [-0.05, 0) is 13.3 Å². The summed E-state index contributed by atoms with van der Waals surface area (Å²) in [6.07, 6.45) is 11.4. The minimum absolute atomic E-state index is 0.247. The number of phosphoric acid groups is 1. The normalized spacial score (nSPS) is 16.0. The Bertz CT molecular complexity index is 262. The van der Waals surface area contributed by atoms with Crippen molar-refractivity contribution in [2.75, 3.05) is 6.61 Å². The predicted molar refractivity (Wildman–Crippen MR) is 82.4 cm³/mol. The van der Waals surface area contributed by atoms with Gasteiger partial charge in [-0.1, -0.05) is 64.7 Å². The van der Waals surface area contributed by atoms with Gasteiger partial charge in [0.25, 0.3) is 0 Å². The molecule has 0 radical (unpaired) electrons. The highest BCUT2D eigenvalue weighted by Crippen LogP contribution is 2.43. The first-order chi connectivity index (χ1) is 9.48. The molecule has 0 saturated heterocycles. The Morgan fingerprint density at radius 1 is 1.00 bits per heavy atom. The third-order valence-corrected chi connectivity index (χ3v) is 4.16. The molecular weight excluding hydrogens is 277 g/mol. The Morgan fingerprint density at radius 3 is 1.90 bits per heavy atom. The Kier molecular flexibility index (Phi) is 12.8. The summed E-state index contributed by atoms with van der Waals surface area (Å²) in [6.45, 7) is 3.97. The second-order valence-corrected chi connectivity index (χ2v) is 6.70. The van der Waals surface area contributed by atoms with E-state index in [9.17, 15) is 9.46 Å². The highest BCUT2D eigenvalue weighted by Gasteiger charge is 2.22. The van der Waals surface area contributed by atoms with Gasteiger partial charge in [0.15, 0.2) is 0 Å². The average Bonchev–Trinajstić information content (AvgIpc) is 2.34. The molecule has 0 aliphatic carbocycles. The van der Waals surface area contributed by atoms with Crippen LogP contribution in [0.25, 0.3) is 0 Å². The van der Waals surface area contributed by atoms with Crippen LogP contribution in [0.4, 0.5) is 0 Å². The molecule has 0 aliphatic rings. The van der Waals surface area contributed by atoms with Crippen molar-refractivity contribution >= 4 is 7.82 Å². The highest BCUT2D eigenvalue weighted by atomic mass is 31.2. The van der Waals surface area contributed by atoms with E-state index < -0.39 is 14.1 Å². The lowest BCUT2D eigenvalue weighted by molar-refractivity contribution is 0.114. The maximum Gasteiger partial charge on any atom is 0.473 e. The molecule has 3 N–H and O–H groups in total. The molecule has 5 nitrogen and oxygen atoms in total. The molecule has 0 spiro atoms. The minimum atomic E-state index is -3.95. The number of hydrogen-bond donors (Lipinski definition) is 2. The SMILES string of the molecule is CCCCCCCCCCCCOP(=O)(O)OC(C)N. The van der Waals surface area contributed by atoms with Gasteiger partial charge in [0.1, 0.15) is 6.23 Å². The van der Waals surface area contributed by atoms with Gasteiger partial charge >= 0.3 is 7.82 Å². The van der Waals surface area contributed by atoms with E-state index in [0.29, 0.717) is 0 Å². The van der Waals surface area contributed by atoms with Crippen LogP contribution in [0.3, 0.4) is 0 Å². The van der Waals surface area contributed by atoms with Gasteiger partial charge < -0.3 is 10.6 Å². The van der Waals surface area contributed by atoms with Crippen LogP contribution >= 0.6 is 7.82 Å². The first-order valence-corrected chi connectivity index (χ1v) is 9.39. The van der Waals surface area contributed by atoms with Gasteiger partial charge in [-0.15, -0.1) is 0 Å². The molecule has 0 saturated carbocycles. The van der Waals surface area contributed by atoms with E-state index in [0.717, 1.165) is 19.3 Å². The Hall–Kier alpha value is 0.0700. The van der Waals surface area contributed by atoms with E-state index in [2.05, 4.69) is 11.4 Å². The Labute approximate surface area is 123 Å². The maximum atomic E-state index is 11.3. The van der Waals surface area contributed by atoms with Crippen molar-refractivity contribution in [1.82, 2.24) is 0 Å². The molecule has 0 fully saturated rings. The Balaban J connectivity index is 3.26. The maximum absolute atomic E-state index is 11.3. The molecule has 20 heavy (non-hydrogen) atoms. The number of rotatable bonds is 14. The minimum Gasteiger partial charge on any atom is -0.306 e. The average molecular weight is 309 g/mol. The predicted octanol–water partition coefficient (Wildman–Crippen LogP) is 4.35. The zero-order valence-corrected chi connectivity index (χ0v) is 13.9. The van der Waals surface area contributed by atoms with Crippen LogP contribution in [-0.2, 0) is 13.6 Å². The van der Waals surface area contributed by atoms with Crippen LogP contribution in [0.15, 0.2) is 0 Å². The fraction of sp³-hybridized carbons (Fsp3) is 1.00. The summed E-state index contributed by atoms with van der Waals surface area (Å²) in [5.41, 5.74) is 5.27. The van der Waals surface area contributed by atoms with Crippen molar-refractivity contribution in [3.8, 4) is 0 Å². The summed E-state index contributed by atoms with van der Waals surface area (Å²) in [6, 6.07) is 0. The van der Waals surface area contributed by atoms with Crippen LogP contribution in [-0.4, -0.2) is 17.7 Å². The van der Waals surface area contributed by atoms with E-state index in [1.54, 1.807) is 0 Å². The van der Waals surface area contributed by atoms with Crippen molar-refractivity contribution in [3.05, 3.63) is 0 Å². The third-order valence-electron chi connectivity index (χ3n) is 3.05. The topological polar surface area (TPSA) is 81.8 Å². The highest BCUT2D eigenvalue weighted by molar-refractivity contribution is 7.47. The molecule has 0 rings (SSSR count). The summed E-state index contributed by atoms with van der Waals surface area (Å²) >= 11 is 0. The molecule has 6 heteroatoms. The van der Waals surface area contributed by atoms with Gasteiger partial charge in [-0.2, -0.15) is 0 Å². The van der Waals surface area contributed by atoms with Gasteiger partial charge in [-0.25, -0.2) is 4.57 Å². The second-order valence-electron chi connectivity index (χ2n) is 5.29. The molecule has 0 aliphatic heterocycles. The van der Waals surface area contributed by atoms with Gasteiger partial charge in [0.2, 0.25) is 0 Å². The Morgan fingerprint density at radius 2 is 1.45 bits per heavy atom. The van der Waals surface area contributed by atoms with E-state index in [1.807, 2.05) is 0 Å². The molecule has 2 unspecified atom stereocenters. The summed E-state index contributed by atoms with van der Waals surface area (Å²) in [4.78, 5) is 9.26. The molecule has 0 aromatic carbocycles. The van der Waals surface area contributed by atoms with Crippen molar-refractivity contribution in [2.24, 2.45) is 5.73 Å². The second kappa shape index (κ2) is 12.8. The molecule has 0 aromatic rings. The van der Waals surface area contributed by atoms with Crippen LogP contribution in [0.5, 0.6) is 0 Å². The quantitative estimate of drug-likeness (QED) is 0.283. The first kappa shape index (κ1) is 20.1. The first-order valence-electron chi connectivity index (χ1n) is 7.89. The van der Waals surface area contributed by atoms with Crippen molar-refractivity contribution < 1.29 is 18.5 Å². The standard InChI is InChI=1S/C14H32NO4P/c1-3-4-5-6-7-8-9-10-11-12-13-18-20(16,17)19-14(2)15/h14H,3-13,15H2,1-2H3,(H,16,17). The summed E-state index contributed by atoms with van der Waals surface area (Å²) < 4.78 is 20.7. The molecule has 0 heterocycles. The molecule has 2 atom stereocenters. The molecule has 0 aromatic heterocycles. The smallest absolute Gasteiger partial charge is 0.306 e. The molecular formula is C14H32NO4P. The van der Waals surface area contributed by atoms with Crippen molar-refractivity contribution in [2.45, 2.75) is 84.3 Å². The number of phosphoric ester groups is 1. The van der Waals surface area contributed by atoms with E-state index in [-0.39, 0.29) is 6.61 Å². The van der Waals surface area contributed by atoms with E-state index in [1.165, 1.54) is 51.9 Å². The monoisotopic (exact) mass is 309 g/mol.